The lowest BCUT2D eigenvalue weighted by atomic mass is 9.84. The molecule has 1 aliphatic heterocycles. The van der Waals surface area contributed by atoms with Crippen LogP contribution in [0.3, 0.4) is 0 Å². The van der Waals surface area contributed by atoms with Crippen molar-refractivity contribution in [3.63, 3.8) is 0 Å². The van der Waals surface area contributed by atoms with Crippen LogP contribution >= 0.6 is 0 Å². The molecule has 0 atom stereocenters. The smallest absolute Gasteiger partial charge is 0.227 e. The van der Waals surface area contributed by atoms with Gasteiger partial charge in [-0.3, -0.25) is 4.79 Å². The van der Waals surface area contributed by atoms with E-state index in [2.05, 4.69) is 12.1 Å². The van der Waals surface area contributed by atoms with E-state index in [0.29, 0.717) is 18.4 Å². The highest BCUT2D eigenvalue weighted by molar-refractivity contribution is 5.95. The maximum atomic E-state index is 12.4. The third-order valence-corrected chi connectivity index (χ3v) is 4.48. The van der Waals surface area contributed by atoms with Gasteiger partial charge in [-0.15, -0.1) is 0 Å². The Bertz CT molecular complexity index is 464. The van der Waals surface area contributed by atoms with Crippen LogP contribution in [-0.4, -0.2) is 18.5 Å². The fourth-order valence-electron chi connectivity index (χ4n) is 3.28. The van der Waals surface area contributed by atoms with E-state index in [4.69, 9.17) is 5.73 Å². The summed E-state index contributed by atoms with van der Waals surface area (Å²) >= 11 is 0. The van der Waals surface area contributed by atoms with E-state index in [-0.39, 0.29) is 5.91 Å². The second kappa shape index (κ2) is 5.33. The van der Waals surface area contributed by atoms with Gasteiger partial charge in [0.1, 0.15) is 0 Å². The Hall–Kier alpha value is -1.35. The summed E-state index contributed by atoms with van der Waals surface area (Å²) in [6.07, 6.45) is 6.01. The highest BCUT2D eigenvalue weighted by Gasteiger charge is 2.27. The topological polar surface area (TPSA) is 46.3 Å². The molecule has 1 saturated carbocycles. The lowest BCUT2D eigenvalue weighted by Gasteiger charge is -2.27. The number of anilines is 1. The molecular weight excluding hydrogens is 236 g/mol. The number of fused-ring (bicyclic) bond motifs is 1. The molecule has 0 spiro atoms. The minimum atomic E-state index is 0.277. The average molecular weight is 257 g/mol. The van der Waals surface area contributed by atoms with Gasteiger partial charge in [0.2, 0.25) is 5.91 Å². The zero-order valence-electron chi connectivity index (χ0n) is 11.3. The van der Waals surface area contributed by atoms with Gasteiger partial charge in [0.05, 0.1) is 0 Å². The second-order valence-corrected chi connectivity index (χ2v) is 5.84. The van der Waals surface area contributed by atoms with E-state index in [1.807, 2.05) is 17.0 Å². The van der Waals surface area contributed by atoms with Crippen molar-refractivity contribution >= 4 is 11.6 Å². The van der Waals surface area contributed by atoms with Gasteiger partial charge in [-0.05, 0) is 55.7 Å². The summed E-state index contributed by atoms with van der Waals surface area (Å²) in [5.41, 5.74) is 8.26. The molecule has 3 heteroatoms. The minimum absolute atomic E-state index is 0.277. The number of carbonyl (C=O) groups is 1. The van der Waals surface area contributed by atoms with Gasteiger partial charge in [-0.1, -0.05) is 12.1 Å². The first-order chi connectivity index (χ1) is 9.24. The van der Waals surface area contributed by atoms with Crippen LogP contribution in [0.25, 0.3) is 0 Å². The number of hydrogen-bond acceptors (Lipinski definition) is 2. The Morgan fingerprint density at radius 1 is 1.37 bits per heavy atom. The van der Waals surface area contributed by atoms with Gasteiger partial charge in [-0.25, -0.2) is 0 Å². The van der Waals surface area contributed by atoms with Crippen molar-refractivity contribution in [2.24, 2.45) is 11.7 Å². The molecule has 3 rings (SSSR count). The van der Waals surface area contributed by atoms with Crippen LogP contribution in [0.4, 0.5) is 5.69 Å². The molecule has 1 heterocycles. The van der Waals surface area contributed by atoms with Gasteiger partial charge in [0.25, 0.3) is 0 Å². The predicted octanol–water partition coefficient (Wildman–Crippen LogP) is 2.28. The molecule has 0 bridgehead atoms. The molecule has 2 aliphatic rings. The van der Waals surface area contributed by atoms with Crippen molar-refractivity contribution < 1.29 is 4.79 Å². The predicted molar refractivity (Wildman–Crippen MR) is 75.9 cm³/mol. The van der Waals surface area contributed by atoms with Gasteiger partial charge in [0, 0.05) is 24.7 Å². The molecule has 1 amide bonds. The molecule has 0 aromatic heterocycles. The number of carbonyl (C=O) groups excluding carboxylic acids is 1. The minimum Gasteiger partial charge on any atom is -0.328 e. The van der Waals surface area contributed by atoms with Gasteiger partial charge in [-0.2, -0.15) is 0 Å². The summed E-state index contributed by atoms with van der Waals surface area (Å²) in [6.45, 7) is 0.832. The van der Waals surface area contributed by atoms with Gasteiger partial charge >= 0.3 is 0 Å². The molecule has 1 radical (unpaired) electrons. The number of nitrogens with two attached hydrogens (primary N) is 1. The maximum absolute atomic E-state index is 12.4. The number of amides is 1. The van der Waals surface area contributed by atoms with Crippen molar-refractivity contribution in [1.29, 1.82) is 0 Å². The van der Waals surface area contributed by atoms with E-state index < -0.39 is 0 Å². The first-order valence-corrected chi connectivity index (χ1v) is 7.29. The second-order valence-electron chi connectivity index (χ2n) is 5.84. The molecule has 1 aliphatic carbocycles. The molecule has 0 unspecified atom stereocenters. The van der Waals surface area contributed by atoms with Crippen LogP contribution in [0.15, 0.2) is 18.2 Å². The Morgan fingerprint density at radius 2 is 2.16 bits per heavy atom. The molecule has 1 aromatic rings. The highest BCUT2D eigenvalue weighted by atomic mass is 16.2. The normalized spacial score (nSPS) is 26.3. The van der Waals surface area contributed by atoms with Crippen molar-refractivity contribution in [2.45, 2.75) is 44.6 Å². The van der Waals surface area contributed by atoms with E-state index in [1.165, 1.54) is 5.56 Å². The van der Waals surface area contributed by atoms with Crippen molar-refractivity contribution in [3.8, 4) is 0 Å². The summed E-state index contributed by atoms with van der Waals surface area (Å²) in [7, 11) is 0. The molecule has 19 heavy (non-hydrogen) atoms. The summed E-state index contributed by atoms with van der Waals surface area (Å²) in [6, 6.07) is 9.37. The Kier molecular flexibility index (Phi) is 3.56. The third kappa shape index (κ3) is 2.66. The van der Waals surface area contributed by atoms with Crippen molar-refractivity contribution in [1.82, 2.24) is 0 Å². The summed E-state index contributed by atoms with van der Waals surface area (Å²) in [5, 5.41) is 0. The van der Waals surface area contributed by atoms with E-state index in [9.17, 15) is 4.79 Å². The molecule has 0 saturated heterocycles. The van der Waals surface area contributed by atoms with Crippen LogP contribution in [0.5, 0.6) is 0 Å². The molecule has 101 valence electrons. The number of hydrogen-bond donors (Lipinski definition) is 1. The lowest BCUT2D eigenvalue weighted by Crippen LogP contribution is -2.33. The maximum Gasteiger partial charge on any atom is 0.227 e. The lowest BCUT2D eigenvalue weighted by molar-refractivity contribution is -0.119. The molecular formula is C16H21N2O. The number of nitrogens with zero attached hydrogens (tertiary/aromatic N) is 1. The Balaban J connectivity index is 1.63. The summed E-state index contributed by atoms with van der Waals surface area (Å²) in [4.78, 5) is 14.4. The van der Waals surface area contributed by atoms with E-state index in [1.54, 1.807) is 0 Å². The first-order valence-electron chi connectivity index (χ1n) is 7.29. The standard InChI is InChI=1S/C16H21N2O/c17-14-7-5-12(6-8-14)11-16(19)18-10-9-13-3-1-2-4-15(13)18/h1,3-4,12,14H,5-11,17H2. The van der Waals surface area contributed by atoms with Crippen LogP contribution in [0.1, 0.15) is 37.7 Å². The van der Waals surface area contributed by atoms with Gasteiger partial charge < -0.3 is 10.6 Å². The number of rotatable bonds is 2. The SMILES string of the molecule is NC1CCC(CC(=O)N2CCc3cc[c]cc32)CC1. The van der Waals surface area contributed by atoms with Crippen LogP contribution in [-0.2, 0) is 11.2 Å². The Labute approximate surface area is 114 Å². The largest absolute Gasteiger partial charge is 0.328 e. The highest BCUT2D eigenvalue weighted by Crippen LogP contribution is 2.31. The molecule has 3 nitrogen and oxygen atoms in total. The summed E-state index contributed by atoms with van der Waals surface area (Å²) in [5.74, 6) is 0.808. The van der Waals surface area contributed by atoms with Crippen LogP contribution in [0, 0.1) is 12.0 Å². The fourth-order valence-corrected chi connectivity index (χ4v) is 3.28. The molecule has 2 N–H and O–H groups in total. The summed E-state index contributed by atoms with van der Waals surface area (Å²) < 4.78 is 0. The van der Waals surface area contributed by atoms with E-state index >= 15 is 0 Å². The molecule has 1 fully saturated rings. The fraction of sp³-hybridized carbons (Fsp3) is 0.562. The van der Waals surface area contributed by atoms with E-state index in [0.717, 1.165) is 44.3 Å². The monoisotopic (exact) mass is 257 g/mol. The van der Waals surface area contributed by atoms with Crippen LogP contribution < -0.4 is 10.6 Å². The van der Waals surface area contributed by atoms with Gasteiger partial charge in [0.15, 0.2) is 0 Å². The Morgan fingerprint density at radius 3 is 2.95 bits per heavy atom. The first kappa shape index (κ1) is 12.7. The average Bonchev–Trinajstić information content (AvgIpc) is 2.85. The van der Waals surface area contributed by atoms with Crippen molar-refractivity contribution in [3.05, 3.63) is 29.8 Å². The van der Waals surface area contributed by atoms with Crippen molar-refractivity contribution in [2.75, 3.05) is 11.4 Å². The quantitative estimate of drug-likeness (QED) is 0.883. The number of benzene rings is 1. The van der Waals surface area contributed by atoms with Crippen LogP contribution in [0.2, 0.25) is 0 Å². The zero-order chi connectivity index (χ0) is 13.2. The third-order valence-electron chi connectivity index (χ3n) is 4.48. The zero-order valence-corrected chi connectivity index (χ0v) is 11.3. The molecule has 1 aromatic carbocycles.